The fourth-order valence-corrected chi connectivity index (χ4v) is 17.4. The Morgan fingerprint density at radius 2 is 0.698 bits per heavy atom. The second-order valence-electron chi connectivity index (χ2n) is 31.4. The van der Waals surface area contributed by atoms with Crippen LogP contribution in [0.3, 0.4) is 0 Å². The molecule has 0 saturated heterocycles. The van der Waals surface area contributed by atoms with E-state index in [1.54, 1.807) is 0 Å². The Morgan fingerprint density at radius 3 is 1.06 bits per heavy atom. The molecule has 6 aliphatic heterocycles. The normalized spacial score (nSPS) is 17.8. The number of allylic oxidation sites excluding steroid dienone is 12. The van der Waals surface area contributed by atoms with Gasteiger partial charge >= 0.3 is 23.9 Å². The number of rotatable bonds is 28. The lowest BCUT2D eigenvalue weighted by Gasteiger charge is -2.26. The van der Waals surface area contributed by atoms with E-state index in [1.807, 2.05) is 131 Å². The van der Waals surface area contributed by atoms with E-state index >= 15 is 0 Å². The monoisotopic (exact) mass is 1730 g/mol. The van der Waals surface area contributed by atoms with Crippen LogP contribution in [-0.2, 0) is 59.8 Å². The molecule has 18 nitrogen and oxygen atoms in total. The zero-order valence-electron chi connectivity index (χ0n) is 66.7. The smallest absolute Gasteiger partial charge is 0.372 e. The van der Waals surface area contributed by atoms with Gasteiger partial charge in [0.25, 0.3) is 23.6 Å². The highest BCUT2D eigenvalue weighted by atomic mass is 35.5. The Balaban J connectivity index is 0.000000253. The standard InChI is InChI=1S/C51H41Cl8N4O8.C39H51N2O4/c1-50(2)26-14-8-10-16-28(26)62(24-32(64)70-22-12-20-60-46(66)34-35(47(60)67)39(53)43(57)42(56)38(34)52)30(50)18-6-5-7-19-31-51(3,4)27-15-9-11-17-29(27)63(31)25-33(65)71-23-13-21-61-48(68)36-37(49(61)69)41(55)45(59)44(58)40(36)54;1-9-28(3)26-44-36(42)24-40-32-20-16-14-18-30(32)38(5,6)34(40)22-12-11-13-23-35-39(7,8)31-19-15-17-21-33(31)41(35)25-37(43)45-27-29(4)10-2/h5-11,14-19H,12-13,20-25H2,1-4H3;11-23,28-29H,9-10,24-27H2,1-8H3/q2*+1. The first-order chi connectivity index (χ1) is 55.0. The highest BCUT2D eigenvalue weighted by Crippen LogP contribution is 2.51. The number of halogens is 8. The quantitative estimate of drug-likeness (QED) is 0.00658. The van der Waals surface area contributed by atoms with Gasteiger partial charge in [0.05, 0.1) is 99.7 Å². The molecule has 12 rings (SSSR count). The zero-order chi connectivity index (χ0) is 84.2. The summed E-state index contributed by atoms with van der Waals surface area (Å²) in [6, 6.07) is 32.1. The number of fused-ring (bicyclic) bond motifs is 6. The minimum atomic E-state index is -0.671. The van der Waals surface area contributed by atoms with Crippen LogP contribution in [0.15, 0.2) is 169 Å². The molecule has 0 aromatic heterocycles. The van der Waals surface area contributed by atoms with Crippen LogP contribution in [0.5, 0.6) is 0 Å². The minimum Gasteiger partial charge on any atom is -0.464 e. The van der Waals surface area contributed by atoms with E-state index in [2.05, 4.69) is 129 Å². The molecule has 4 amide bonds. The lowest BCUT2D eigenvalue weighted by atomic mass is 9.81. The lowest BCUT2D eigenvalue weighted by Crippen LogP contribution is -2.33. The summed E-state index contributed by atoms with van der Waals surface area (Å²) in [5.74, 6) is -3.50. The van der Waals surface area contributed by atoms with Crippen LogP contribution in [0, 0.1) is 11.8 Å². The minimum absolute atomic E-state index is 0.0702. The second-order valence-corrected chi connectivity index (χ2v) is 34.4. The van der Waals surface area contributed by atoms with Crippen molar-refractivity contribution in [1.29, 1.82) is 0 Å². The number of para-hydroxylation sites is 4. The number of carbonyl (C=O) groups excluding carboxylic acids is 8. The number of hydrogen-bond donors (Lipinski definition) is 0. The summed E-state index contributed by atoms with van der Waals surface area (Å²) >= 11 is 49.6. The van der Waals surface area contributed by atoms with Crippen molar-refractivity contribution in [2.45, 2.75) is 130 Å². The average Bonchev–Trinajstić information content (AvgIpc) is 1.61. The van der Waals surface area contributed by atoms with Crippen molar-refractivity contribution >= 4 is 174 Å². The molecule has 608 valence electrons. The first-order valence-corrected chi connectivity index (χ1v) is 41.5. The van der Waals surface area contributed by atoms with E-state index < -0.39 is 46.4 Å². The van der Waals surface area contributed by atoms with Crippen LogP contribution in [0.2, 0.25) is 40.2 Å². The molecule has 6 aromatic carbocycles. The van der Waals surface area contributed by atoms with Gasteiger partial charge < -0.3 is 28.7 Å². The number of hydrogen-bond acceptors (Lipinski definition) is 14. The van der Waals surface area contributed by atoms with E-state index in [9.17, 15) is 38.4 Å². The van der Waals surface area contributed by atoms with E-state index in [0.29, 0.717) is 25.0 Å². The maximum absolute atomic E-state index is 13.4. The van der Waals surface area contributed by atoms with Crippen LogP contribution in [0.25, 0.3) is 0 Å². The molecule has 0 saturated carbocycles. The molecule has 0 radical (unpaired) electrons. The van der Waals surface area contributed by atoms with Crippen LogP contribution in [0.1, 0.15) is 172 Å². The fourth-order valence-electron chi connectivity index (χ4n) is 15.4. The van der Waals surface area contributed by atoms with Crippen LogP contribution < -0.4 is 9.80 Å². The van der Waals surface area contributed by atoms with Gasteiger partial charge in [0.15, 0.2) is 11.4 Å². The molecule has 26 heteroatoms. The number of nitrogens with zero attached hydrogens (tertiary/aromatic N) is 6. The zero-order valence-corrected chi connectivity index (χ0v) is 72.7. The molecule has 0 fully saturated rings. The number of esters is 4. The Kier molecular flexibility index (Phi) is 27.8. The van der Waals surface area contributed by atoms with Gasteiger partial charge in [-0.3, -0.25) is 38.6 Å². The third kappa shape index (κ3) is 17.5. The molecule has 6 aromatic rings. The summed E-state index contributed by atoms with van der Waals surface area (Å²) in [4.78, 5) is 111. The fraction of sp³-hybridized carbons (Fsp3) is 0.356. The van der Waals surface area contributed by atoms with Gasteiger partial charge in [0.2, 0.25) is 24.5 Å². The van der Waals surface area contributed by atoms with Gasteiger partial charge in [-0.05, 0) is 87.8 Å². The Hall–Kier alpha value is -8.82. The number of anilines is 2. The van der Waals surface area contributed by atoms with E-state index in [0.717, 1.165) is 79.3 Å². The Labute approximate surface area is 717 Å². The SMILES string of the molecule is CC1(C)C(/C=C/C=C/C=C2/N(CC(=O)OCCCN3C(=O)c4c(Cl)c(Cl)c(Cl)c(Cl)c4C3=O)c3ccccc3C2(C)C)=[N+](CC(=O)OCCCN2C(=O)c3c(Cl)c(Cl)c(Cl)c(Cl)c3C2=O)c2ccccc21.CCC(C)COC(=O)CN1/C(=C/C=C/C=C/C2=[N+](CC(=O)OCC(C)CC)c3ccccc3C2(C)C)C(C)(C)c2ccccc21. The van der Waals surface area contributed by atoms with Crippen LogP contribution in [-0.4, -0.2) is 144 Å². The largest absolute Gasteiger partial charge is 0.464 e. The summed E-state index contributed by atoms with van der Waals surface area (Å²) in [5.41, 5.74) is 9.91. The second kappa shape index (κ2) is 36.6. The molecular formula is C90H92Cl8N6O12+2. The van der Waals surface area contributed by atoms with Crippen molar-refractivity contribution in [3.63, 3.8) is 0 Å². The molecule has 6 heterocycles. The van der Waals surface area contributed by atoms with E-state index in [-0.39, 0.29) is 151 Å². The predicted molar refractivity (Wildman–Crippen MR) is 461 cm³/mol. The number of carbonyl (C=O) groups is 8. The molecule has 116 heavy (non-hydrogen) atoms. The summed E-state index contributed by atoms with van der Waals surface area (Å²) in [6.07, 6.45) is 22.0. The maximum atomic E-state index is 13.4. The Bertz CT molecular complexity index is 5170. The van der Waals surface area contributed by atoms with Crippen molar-refractivity contribution < 1.29 is 66.5 Å². The highest BCUT2D eigenvalue weighted by molar-refractivity contribution is 6.56. The van der Waals surface area contributed by atoms with Gasteiger partial charge in [-0.2, -0.15) is 9.15 Å². The number of benzene rings is 6. The number of imide groups is 2. The molecular weight excluding hydrogens is 1640 g/mol. The molecule has 6 aliphatic rings. The molecule has 0 aliphatic carbocycles. The molecule has 0 N–H and O–H groups in total. The van der Waals surface area contributed by atoms with Crippen molar-refractivity contribution in [2.75, 3.05) is 75.5 Å². The van der Waals surface area contributed by atoms with Gasteiger partial charge in [-0.25, -0.2) is 9.59 Å². The first-order valence-electron chi connectivity index (χ1n) is 38.4. The predicted octanol–water partition coefficient (Wildman–Crippen LogP) is 20.6. The van der Waals surface area contributed by atoms with Gasteiger partial charge in [-0.15, -0.1) is 0 Å². The molecule has 2 unspecified atom stereocenters. The number of ether oxygens (including phenoxy) is 4. The summed E-state index contributed by atoms with van der Waals surface area (Å²) < 4.78 is 26.5. The van der Waals surface area contributed by atoms with Crippen LogP contribution >= 0.6 is 92.8 Å². The van der Waals surface area contributed by atoms with Crippen molar-refractivity contribution in [3.05, 3.63) is 254 Å². The molecule has 0 bridgehead atoms. The summed E-state index contributed by atoms with van der Waals surface area (Å²) in [6.45, 7) is 26.1. The topological polar surface area (TPSA) is 192 Å². The first kappa shape index (κ1) is 88.0. The summed E-state index contributed by atoms with van der Waals surface area (Å²) in [5, 5.41) is -1.14. The van der Waals surface area contributed by atoms with Crippen molar-refractivity contribution in [1.82, 2.24) is 9.80 Å². The van der Waals surface area contributed by atoms with E-state index in [4.69, 9.17) is 112 Å². The lowest BCUT2D eigenvalue weighted by molar-refractivity contribution is -0.428. The van der Waals surface area contributed by atoms with Crippen LogP contribution in [0.4, 0.5) is 22.7 Å². The molecule has 0 spiro atoms. The van der Waals surface area contributed by atoms with Gasteiger partial charge in [-0.1, -0.05) is 270 Å². The van der Waals surface area contributed by atoms with Gasteiger partial charge in [0, 0.05) is 82.1 Å². The van der Waals surface area contributed by atoms with E-state index in [1.165, 1.54) is 11.1 Å². The third-order valence-electron chi connectivity index (χ3n) is 22.2. The maximum Gasteiger partial charge on any atom is 0.372 e. The summed E-state index contributed by atoms with van der Waals surface area (Å²) in [7, 11) is 0. The highest BCUT2D eigenvalue weighted by Gasteiger charge is 2.49. The van der Waals surface area contributed by atoms with Crippen molar-refractivity contribution in [2.24, 2.45) is 11.8 Å². The Morgan fingerprint density at radius 1 is 0.388 bits per heavy atom. The molecule has 2 atom stereocenters. The van der Waals surface area contributed by atoms with Crippen molar-refractivity contribution in [3.8, 4) is 0 Å². The average molecular weight is 1730 g/mol. The van der Waals surface area contributed by atoms with Gasteiger partial charge in [0.1, 0.15) is 13.1 Å². The number of amides is 4. The third-order valence-corrected chi connectivity index (χ3v) is 25.8.